The van der Waals surface area contributed by atoms with E-state index in [1.165, 1.54) is 12.1 Å². The van der Waals surface area contributed by atoms with E-state index in [0.29, 0.717) is 13.0 Å². The summed E-state index contributed by atoms with van der Waals surface area (Å²) < 4.78 is 31.4. The highest BCUT2D eigenvalue weighted by Crippen LogP contribution is 2.13. The summed E-state index contributed by atoms with van der Waals surface area (Å²) in [4.78, 5) is 0. The Hall–Kier alpha value is -1.63. The molecule has 2 rings (SSSR count). The van der Waals surface area contributed by atoms with Crippen molar-refractivity contribution in [1.29, 1.82) is 0 Å². The van der Waals surface area contributed by atoms with Gasteiger partial charge >= 0.3 is 0 Å². The summed E-state index contributed by atoms with van der Waals surface area (Å²) in [7, 11) is -3.66. The Bertz CT molecular complexity index is 676. The second kappa shape index (κ2) is 6.21. The van der Waals surface area contributed by atoms with Crippen LogP contribution in [0.4, 0.5) is 0 Å². The zero-order valence-electron chi connectivity index (χ0n) is 11.2. The van der Waals surface area contributed by atoms with Crippen molar-refractivity contribution in [3.63, 3.8) is 0 Å². The molecule has 0 atom stereocenters. The van der Waals surface area contributed by atoms with Gasteiger partial charge in [0.1, 0.15) is 12.4 Å². The molecule has 0 aliphatic rings. The molecular weight excluding hydrogens is 278 g/mol. The minimum Gasteiger partial charge on any atom is -0.446 e. The van der Waals surface area contributed by atoms with E-state index in [2.05, 4.69) is 4.72 Å². The molecule has 0 amide bonds. The van der Waals surface area contributed by atoms with Gasteiger partial charge in [-0.15, -0.1) is 0 Å². The number of benzene rings is 1. The SMILES string of the molecule is Cc1cccc(CCNS(=O)(=O)c2ccc(CO)o2)c1. The normalized spacial score (nSPS) is 11.7. The molecule has 0 aliphatic carbocycles. The van der Waals surface area contributed by atoms with E-state index >= 15 is 0 Å². The Morgan fingerprint density at radius 1 is 1.25 bits per heavy atom. The fourth-order valence-corrected chi connectivity index (χ4v) is 2.83. The minimum absolute atomic E-state index is 0.175. The molecule has 1 aromatic carbocycles. The van der Waals surface area contributed by atoms with E-state index in [4.69, 9.17) is 9.52 Å². The van der Waals surface area contributed by atoms with E-state index < -0.39 is 10.0 Å². The van der Waals surface area contributed by atoms with Crippen LogP contribution >= 0.6 is 0 Å². The predicted octanol–water partition coefficient (Wildman–Crippen LogP) is 1.60. The van der Waals surface area contributed by atoms with Gasteiger partial charge in [0, 0.05) is 6.54 Å². The average Bonchev–Trinajstić information content (AvgIpc) is 2.88. The molecular formula is C14H17NO4S. The van der Waals surface area contributed by atoms with Crippen molar-refractivity contribution < 1.29 is 17.9 Å². The Kier molecular flexibility index (Phi) is 4.59. The number of aryl methyl sites for hydroxylation is 1. The van der Waals surface area contributed by atoms with Gasteiger partial charge in [-0.25, -0.2) is 13.1 Å². The van der Waals surface area contributed by atoms with Crippen molar-refractivity contribution in [2.24, 2.45) is 0 Å². The summed E-state index contributed by atoms with van der Waals surface area (Å²) in [5, 5.41) is 8.68. The molecule has 0 unspecified atom stereocenters. The first-order chi connectivity index (χ1) is 9.51. The first-order valence-corrected chi connectivity index (χ1v) is 7.74. The number of aliphatic hydroxyl groups excluding tert-OH is 1. The Morgan fingerprint density at radius 2 is 2.05 bits per heavy atom. The topological polar surface area (TPSA) is 79.5 Å². The summed E-state index contributed by atoms with van der Waals surface area (Å²) in [6, 6.07) is 10.7. The summed E-state index contributed by atoms with van der Waals surface area (Å²) >= 11 is 0. The largest absolute Gasteiger partial charge is 0.446 e. The van der Waals surface area contributed by atoms with Crippen LogP contribution in [0.15, 0.2) is 45.9 Å². The van der Waals surface area contributed by atoms with Crippen molar-refractivity contribution in [2.45, 2.75) is 25.0 Å². The van der Waals surface area contributed by atoms with Gasteiger partial charge in [0.2, 0.25) is 5.09 Å². The fourth-order valence-electron chi connectivity index (χ4n) is 1.86. The van der Waals surface area contributed by atoms with Crippen molar-refractivity contribution in [1.82, 2.24) is 4.72 Å². The molecule has 0 aliphatic heterocycles. The predicted molar refractivity (Wildman–Crippen MR) is 74.7 cm³/mol. The number of hydrogen-bond donors (Lipinski definition) is 2. The van der Waals surface area contributed by atoms with Gasteiger partial charge in [-0.05, 0) is 31.0 Å². The first-order valence-electron chi connectivity index (χ1n) is 6.26. The summed E-state index contributed by atoms with van der Waals surface area (Å²) in [5.41, 5.74) is 2.21. The molecule has 0 radical (unpaired) electrons. The van der Waals surface area contributed by atoms with E-state index in [0.717, 1.165) is 11.1 Å². The fraction of sp³-hybridized carbons (Fsp3) is 0.286. The van der Waals surface area contributed by atoms with Gasteiger partial charge in [0.05, 0.1) is 0 Å². The van der Waals surface area contributed by atoms with Crippen molar-refractivity contribution >= 4 is 10.0 Å². The van der Waals surface area contributed by atoms with E-state index in [-0.39, 0.29) is 17.5 Å². The molecule has 1 heterocycles. The van der Waals surface area contributed by atoms with Gasteiger partial charge in [-0.2, -0.15) is 0 Å². The first kappa shape index (κ1) is 14.8. The monoisotopic (exact) mass is 295 g/mol. The maximum atomic E-state index is 11.9. The minimum atomic E-state index is -3.66. The van der Waals surface area contributed by atoms with Gasteiger partial charge in [-0.1, -0.05) is 29.8 Å². The lowest BCUT2D eigenvalue weighted by atomic mass is 10.1. The lowest BCUT2D eigenvalue weighted by Crippen LogP contribution is -2.25. The average molecular weight is 295 g/mol. The van der Waals surface area contributed by atoms with Crippen molar-refractivity contribution in [3.05, 3.63) is 53.3 Å². The molecule has 0 fully saturated rings. The highest BCUT2D eigenvalue weighted by Gasteiger charge is 2.17. The molecule has 1 aromatic heterocycles. The summed E-state index contributed by atoms with van der Waals surface area (Å²) in [5.74, 6) is 0.226. The second-order valence-corrected chi connectivity index (χ2v) is 6.21. The molecule has 0 bridgehead atoms. The summed E-state index contributed by atoms with van der Waals surface area (Å²) in [6.45, 7) is 1.96. The standard InChI is InChI=1S/C14H17NO4S/c1-11-3-2-4-12(9-11)7-8-15-20(17,18)14-6-5-13(10-16)19-14/h2-6,9,15-16H,7-8,10H2,1H3. The van der Waals surface area contributed by atoms with Gasteiger partial charge < -0.3 is 9.52 Å². The molecule has 20 heavy (non-hydrogen) atoms. The van der Waals surface area contributed by atoms with Crippen LogP contribution in [0.2, 0.25) is 0 Å². The zero-order valence-corrected chi connectivity index (χ0v) is 12.0. The molecule has 0 saturated heterocycles. The summed E-state index contributed by atoms with van der Waals surface area (Å²) in [6.07, 6.45) is 0.606. The van der Waals surface area contributed by atoms with E-state index in [1.807, 2.05) is 31.2 Å². The van der Waals surface area contributed by atoms with Crippen molar-refractivity contribution in [3.8, 4) is 0 Å². The van der Waals surface area contributed by atoms with E-state index in [9.17, 15) is 8.42 Å². The van der Waals surface area contributed by atoms with E-state index in [1.54, 1.807) is 0 Å². The molecule has 6 heteroatoms. The third-order valence-electron chi connectivity index (χ3n) is 2.85. The lowest BCUT2D eigenvalue weighted by Gasteiger charge is -2.05. The molecule has 0 spiro atoms. The Labute approximate surface area is 118 Å². The third-order valence-corrected chi connectivity index (χ3v) is 4.18. The number of nitrogens with one attached hydrogen (secondary N) is 1. The number of sulfonamides is 1. The van der Waals surface area contributed by atoms with Gasteiger partial charge in [0.15, 0.2) is 0 Å². The smallest absolute Gasteiger partial charge is 0.273 e. The number of aliphatic hydroxyl groups is 1. The van der Waals surface area contributed by atoms with Crippen LogP contribution < -0.4 is 4.72 Å². The molecule has 0 saturated carbocycles. The number of hydrogen-bond acceptors (Lipinski definition) is 4. The Balaban J connectivity index is 1.96. The maximum absolute atomic E-state index is 11.9. The quantitative estimate of drug-likeness (QED) is 0.848. The number of rotatable bonds is 6. The van der Waals surface area contributed by atoms with Crippen LogP contribution in [0.3, 0.4) is 0 Å². The van der Waals surface area contributed by atoms with Crippen LogP contribution in [0, 0.1) is 6.92 Å². The van der Waals surface area contributed by atoms with Gasteiger partial charge in [0.25, 0.3) is 10.0 Å². The second-order valence-electron chi connectivity index (χ2n) is 4.52. The zero-order chi connectivity index (χ0) is 14.6. The van der Waals surface area contributed by atoms with Crippen LogP contribution in [0.5, 0.6) is 0 Å². The van der Waals surface area contributed by atoms with Gasteiger partial charge in [-0.3, -0.25) is 0 Å². The van der Waals surface area contributed by atoms with Crippen LogP contribution in [-0.4, -0.2) is 20.1 Å². The Morgan fingerprint density at radius 3 is 2.70 bits per heavy atom. The van der Waals surface area contributed by atoms with Crippen LogP contribution in [0.25, 0.3) is 0 Å². The number of furan rings is 1. The molecule has 5 nitrogen and oxygen atoms in total. The molecule has 2 aromatic rings. The highest BCUT2D eigenvalue weighted by molar-refractivity contribution is 7.89. The lowest BCUT2D eigenvalue weighted by molar-refractivity contribution is 0.236. The molecule has 108 valence electrons. The van der Waals surface area contributed by atoms with Crippen LogP contribution in [-0.2, 0) is 23.1 Å². The maximum Gasteiger partial charge on any atom is 0.273 e. The highest BCUT2D eigenvalue weighted by atomic mass is 32.2. The van der Waals surface area contributed by atoms with Crippen molar-refractivity contribution in [2.75, 3.05) is 6.54 Å². The molecule has 2 N–H and O–H groups in total. The third kappa shape index (κ3) is 3.69. The van der Waals surface area contributed by atoms with Crippen LogP contribution in [0.1, 0.15) is 16.9 Å².